The lowest BCUT2D eigenvalue weighted by molar-refractivity contribution is 0.0940. The summed E-state index contributed by atoms with van der Waals surface area (Å²) in [6, 6.07) is 7.41. The number of aryl methyl sites for hydroxylation is 1. The third-order valence-electron chi connectivity index (χ3n) is 2.71. The number of aromatic nitrogens is 1. The summed E-state index contributed by atoms with van der Waals surface area (Å²) >= 11 is 1.68. The van der Waals surface area contributed by atoms with E-state index in [0.717, 1.165) is 4.88 Å². The Kier molecular flexibility index (Phi) is 4.13. The molecule has 0 saturated carbocycles. The number of carbonyl (C=O) groups is 1. The summed E-state index contributed by atoms with van der Waals surface area (Å²) in [4.78, 5) is 18.4. The lowest BCUT2D eigenvalue weighted by Crippen LogP contribution is -2.26. The van der Waals surface area contributed by atoms with E-state index in [-0.39, 0.29) is 11.9 Å². The second-order valence-electron chi connectivity index (χ2n) is 4.22. The number of hydrogen-bond acceptors (Lipinski definition) is 5. The Bertz CT molecular complexity index is 564. The monoisotopic (exact) mass is 276 g/mol. The van der Waals surface area contributed by atoms with Gasteiger partial charge in [0.15, 0.2) is 0 Å². The Labute approximate surface area is 115 Å². The zero-order chi connectivity index (χ0) is 13.8. The van der Waals surface area contributed by atoms with Gasteiger partial charge >= 0.3 is 0 Å². The van der Waals surface area contributed by atoms with Crippen LogP contribution in [-0.4, -0.2) is 10.9 Å². The number of thiophene rings is 1. The summed E-state index contributed by atoms with van der Waals surface area (Å²) in [6.45, 7) is 4.01. The highest BCUT2D eigenvalue weighted by atomic mass is 32.1. The maximum Gasteiger partial charge on any atom is 0.253 e. The molecule has 0 aliphatic heterocycles. The molecule has 1 unspecified atom stereocenters. The van der Waals surface area contributed by atoms with Crippen LogP contribution in [0.1, 0.15) is 33.1 Å². The largest absolute Gasteiger partial charge is 0.345 e. The molecular formula is C13H16N4OS. The van der Waals surface area contributed by atoms with Crippen LogP contribution < -0.4 is 16.6 Å². The van der Waals surface area contributed by atoms with Crippen LogP contribution in [-0.2, 0) is 0 Å². The molecule has 2 heterocycles. The van der Waals surface area contributed by atoms with Crippen LogP contribution in [0.3, 0.4) is 0 Å². The van der Waals surface area contributed by atoms with Crippen LogP contribution in [0.5, 0.6) is 0 Å². The molecule has 1 amide bonds. The average molecular weight is 276 g/mol. The van der Waals surface area contributed by atoms with E-state index in [1.54, 1.807) is 23.5 Å². The molecule has 2 aromatic heterocycles. The van der Waals surface area contributed by atoms with Gasteiger partial charge in [-0.2, -0.15) is 0 Å². The van der Waals surface area contributed by atoms with Crippen molar-refractivity contribution in [1.82, 2.24) is 10.3 Å². The SMILES string of the molecule is Cc1ccc(C(C)NC(=O)c2ccc(NN)nc2)s1. The molecule has 1 atom stereocenters. The van der Waals surface area contributed by atoms with Crippen LogP contribution in [0.25, 0.3) is 0 Å². The van der Waals surface area contributed by atoms with Gasteiger partial charge in [-0.15, -0.1) is 11.3 Å². The molecule has 0 aromatic carbocycles. The van der Waals surface area contributed by atoms with E-state index in [2.05, 4.69) is 15.7 Å². The third kappa shape index (κ3) is 3.30. The van der Waals surface area contributed by atoms with Gasteiger partial charge in [0.1, 0.15) is 5.82 Å². The summed E-state index contributed by atoms with van der Waals surface area (Å²) < 4.78 is 0. The molecular weight excluding hydrogens is 260 g/mol. The number of nitrogens with two attached hydrogens (primary N) is 1. The van der Waals surface area contributed by atoms with Crippen molar-refractivity contribution in [3.8, 4) is 0 Å². The molecule has 0 aliphatic carbocycles. The first-order valence-electron chi connectivity index (χ1n) is 5.90. The van der Waals surface area contributed by atoms with Crippen LogP contribution in [0, 0.1) is 6.92 Å². The van der Waals surface area contributed by atoms with E-state index in [1.807, 2.05) is 26.0 Å². The third-order valence-corrected chi connectivity index (χ3v) is 3.89. The fourth-order valence-corrected chi connectivity index (χ4v) is 2.53. The topological polar surface area (TPSA) is 80.0 Å². The maximum atomic E-state index is 12.0. The number of carbonyl (C=O) groups excluding carboxylic acids is 1. The standard InChI is InChI=1S/C13H16N4OS/c1-8-3-5-11(19-8)9(2)16-13(18)10-4-6-12(17-14)15-7-10/h3-7,9H,14H2,1-2H3,(H,15,17)(H,16,18). The van der Waals surface area contributed by atoms with Crippen LogP contribution in [0.4, 0.5) is 5.82 Å². The number of pyridine rings is 1. The van der Waals surface area contributed by atoms with Crippen molar-refractivity contribution in [2.45, 2.75) is 19.9 Å². The Morgan fingerprint density at radius 3 is 2.68 bits per heavy atom. The lowest BCUT2D eigenvalue weighted by Gasteiger charge is -2.12. The fraction of sp³-hybridized carbons (Fsp3) is 0.231. The van der Waals surface area contributed by atoms with Crippen molar-refractivity contribution < 1.29 is 4.79 Å². The normalized spacial score (nSPS) is 11.9. The van der Waals surface area contributed by atoms with E-state index in [9.17, 15) is 4.79 Å². The molecule has 0 bridgehead atoms. The van der Waals surface area contributed by atoms with Crippen molar-refractivity contribution in [2.24, 2.45) is 5.84 Å². The van der Waals surface area contributed by atoms with Crippen LogP contribution in [0.2, 0.25) is 0 Å². The summed E-state index contributed by atoms with van der Waals surface area (Å²) in [5.41, 5.74) is 2.93. The van der Waals surface area contributed by atoms with Crippen LogP contribution >= 0.6 is 11.3 Å². The van der Waals surface area contributed by atoms with Crippen molar-refractivity contribution in [3.63, 3.8) is 0 Å². The summed E-state index contributed by atoms with van der Waals surface area (Å²) in [7, 11) is 0. The smallest absolute Gasteiger partial charge is 0.253 e. The van der Waals surface area contributed by atoms with Gasteiger partial charge in [-0.1, -0.05) is 0 Å². The predicted molar refractivity (Wildman–Crippen MR) is 77.0 cm³/mol. The van der Waals surface area contributed by atoms with Gasteiger partial charge in [-0.05, 0) is 38.1 Å². The van der Waals surface area contributed by atoms with Gasteiger partial charge in [0.05, 0.1) is 11.6 Å². The molecule has 0 fully saturated rings. The first-order chi connectivity index (χ1) is 9.10. The molecule has 0 spiro atoms. The minimum atomic E-state index is -0.144. The molecule has 5 nitrogen and oxygen atoms in total. The molecule has 0 aliphatic rings. The molecule has 4 N–H and O–H groups in total. The highest BCUT2D eigenvalue weighted by Gasteiger charge is 2.13. The number of hydrogen-bond donors (Lipinski definition) is 3. The number of nitrogens with one attached hydrogen (secondary N) is 2. The molecule has 100 valence electrons. The lowest BCUT2D eigenvalue weighted by atomic mass is 10.2. The number of nitrogen functional groups attached to an aromatic ring is 1. The van der Waals surface area contributed by atoms with Gasteiger partial charge < -0.3 is 10.7 Å². The Hall–Kier alpha value is -1.92. The second kappa shape index (κ2) is 5.81. The Morgan fingerprint density at radius 2 is 2.16 bits per heavy atom. The van der Waals surface area contributed by atoms with Gasteiger partial charge in [0.2, 0.25) is 0 Å². The summed E-state index contributed by atoms with van der Waals surface area (Å²) in [6.07, 6.45) is 1.50. The first-order valence-corrected chi connectivity index (χ1v) is 6.71. The van der Waals surface area contributed by atoms with Crippen molar-refractivity contribution in [2.75, 3.05) is 5.43 Å². The van der Waals surface area contributed by atoms with E-state index < -0.39 is 0 Å². The Balaban J connectivity index is 2.03. The van der Waals surface area contributed by atoms with Crippen molar-refractivity contribution >= 4 is 23.1 Å². The number of anilines is 1. The molecule has 19 heavy (non-hydrogen) atoms. The van der Waals surface area contributed by atoms with Crippen LogP contribution in [0.15, 0.2) is 30.5 Å². The maximum absolute atomic E-state index is 12.0. The first kappa shape index (κ1) is 13.5. The number of rotatable bonds is 4. The quantitative estimate of drug-likeness (QED) is 0.591. The van der Waals surface area contributed by atoms with Crippen molar-refractivity contribution in [3.05, 3.63) is 45.8 Å². The predicted octanol–water partition coefficient (Wildman–Crippen LogP) is 2.23. The van der Waals surface area contributed by atoms with Gasteiger partial charge in [-0.3, -0.25) is 4.79 Å². The summed E-state index contributed by atoms with van der Waals surface area (Å²) in [5.74, 6) is 5.61. The van der Waals surface area contributed by atoms with E-state index in [0.29, 0.717) is 11.4 Å². The second-order valence-corrected chi connectivity index (χ2v) is 5.54. The van der Waals surface area contributed by atoms with Gasteiger partial charge in [0, 0.05) is 16.0 Å². The van der Waals surface area contributed by atoms with E-state index in [4.69, 9.17) is 5.84 Å². The Morgan fingerprint density at radius 1 is 1.37 bits per heavy atom. The fourth-order valence-electron chi connectivity index (χ4n) is 1.65. The zero-order valence-corrected chi connectivity index (χ0v) is 11.6. The molecule has 0 radical (unpaired) electrons. The molecule has 6 heteroatoms. The van der Waals surface area contributed by atoms with Gasteiger partial charge in [-0.25, -0.2) is 10.8 Å². The molecule has 2 aromatic rings. The van der Waals surface area contributed by atoms with Crippen molar-refractivity contribution in [1.29, 1.82) is 0 Å². The minimum Gasteiger partial charge on any atom is -0.345 e. The molecule has 2 rings (SSSR count). The highest BCUT2D eigenvalue weighted by Crippen LogP contribution is 2.22. The van der Waals surface area contributed by atoms with Gasteiger partial charge in [0.25, 0.3) is 5.91 Å². The molecule has 0 saturated heterocycles. The highest BCUT2D eigenvalue weighted by molar-refractivity contribution is 7.12. The average Bonchev–Trinajstić information content (AvgIpc) is 2.85. The number of nitrogens with zero attached hydrogens (tertiary/aromatic N) is 1. The number of amides is 1. The number of hydrazine groups is 1. The summed E-state index contributed by atoms with van der Waals surface area (Å²) in [5, 5.41) is 2.94. The zero-order valence-electron chi connectivity index (χ0n) is 10.8. The van der Waals surface area contributed by atoms with E-state index >= 15 is 0 Å². The van der Waals surface area contributed by atoms with E-state index in [1.165, 1.54) is 11.1 Å². The minimum absolute atomic E-state index is 0.0153.